The summed E-state index contributed by atoms with van der Waals surface area (Å²) in [6, 6.07) is 26.3. The second-order valence-corrected chi connectivity index (χ2v) is 10.1. The Morgan fingerprint density at radius 3 is 2.55 bits per heavy atom. The van der Waals surface area contributed by atoms with E-state index in [4.69, 9.17) is 37.7 Å². The number of imidazole rings is 1. The van der Waals surface area contributed by atoms with Gasteiger partial charge in [0, 0.05) is 42.4 Å². The summed E-state index contributed by atoms with van der Waals surface area (Å²) in [5, 5.41) is 3.60. The fourth-order valence-corrected chi connectivity index (χ4v) is 5.44. The van der Waals surface area contributed by atoms with Gasteiger partial charge in [-0.1, -0.05) is 71.7 Å². The Balaban J connectivity index is 1.63. The summed E-state index contributed by atoms with van der Waals surface area (Å²) in [6.45, 7) is 4.41. The maximum Gasteiger partial charge on any atom is 0.124 e. The van der Waals surface area contributed by atoms with Crippen LogP contribution in [0.3, 0.4) is 0 Å². The molecule has 7 heteroatoms. The molecule has 1 unspecified atom stereocenters. The molecule has 5 rings (SSSR count). The van der Waals surface area contributed by atoms with E-state index >= 15 is 0 Å². The zero-order chi connectivity index (χ0) is 26.5. The van der Waals surface area contributed by atoms with Crippen LogP contribution in [-0.4, -0.2) is 35.2 Å². The van der Waals surface area contributed by atoms with Crippen LogP contribution in [0.25, 0.3) is 21.8 Å². The minimum atomic E-state index is -0.0671. The molecule has 4 aromatic carbocycles. The van der Waals surface area contributed by atoms with E-state index in [0.717, 1.165) is 40.2 Å². The number of aromatic nitrogens is 2. The number of fused-ring (bicyclic) bond motifs is 2. The molecular weight excluding hydrogens is 517 g/mol. The van der Waals surface area contributed by atoms with Gasteiger partial charge in [-0.25, -0.2) is 4.98 Å². The largest absolute Gasteiger partial charge is 0.494 e. The summed E-state index contributed by atoms with van der Waals surface area (Å²) in [5.74, 6) is 1.78. The summed E-state index contributed by atoms with van der Waals surface area (Å²) in [7, 11) is 1.73. The molecule has 0 spiro atoms. The van der Waals surface area contributed by atoms with Crippen molar-refractivity contribution in [1.29, 1.82) is 0 Å². The third kappa shape index (κ3) is 5.82. The lowest BCUT2D eigenvalue weighted by Gasteiger charge is -2.32. The van der Waals surface area contributed by atoms with E-state index in [9.17, 15) is 0 Å². The monoisotopic (exact) mass is 547 g/mol. The molecule has 1 aromatic heterocycles. The highest BCUT2D eigenvalue weighted by Gasteiger charge is 2.26. The predicted molar refractivity (Wildman–Crippen MR) is 156 cm³/mol. The number of rotatable bonds is 11. The molecule has 5 aromatic rings. The van der Waals surface area contributed by atoms with Crippen molar-refractivity contribution in [2.45, 2.75) is 32.5 Å². The summed E-state index contributed by atoms with van der Waals surface area (Å²) < 4.78 is 11.7. The van der Waals surface area contributed by atoms with Gasteiger partial charge < -0.3 is 14.5 Å². The fraction of sp³-hybridized carbons (Fsp3) is 0.258. The van der Waals surface area contributed by atoms with Crippen molar-refractivity contribution in [2.24, 2.45) is 0 Å². The van der Waals surface area contributed by atoms with Gasteiger partial charge in [0.25, 0.3) is 0 Å². The van der Waals surface area contributed by atoms with Crippen LogP contribution >= 0.6 is 23.2 Å². The Bertz CT molecular complexity index is 1500. The molecule has 0 aliphatic carbocycles. The van der Waals surface area contributed by atoms with Crippen LogP contribution in [0.5, 0.6) is 5.75 Å². The molecule has 0 aliphatic rings. The van der Waals surface area contributed by atoms with Crippen molar-refractivity contribution in [1.82, 2.24) is 14.9 Å². The summed E-state index contributed by atoms with van der Waals surface area (Å²) in [4.78, 5) is 11.0. The number of benzene rings is 4. The Labute approximate surface area is 233 Å². The molecule has 196 valence electrons. The molecule has 0 saturated heterocycles. The Kier molecular flexibility index (Phi) is 8.50. The highest BCUT2D eigenvalue weighted by atomic mass is 35.5. The first-order valence-corrected chi connectivity index (χ1v) is 13.6. The first-order chi connectivity index (χ1) is 18.6. The maximum absolute atomic E-state index is 6.69. The van der Waals surface area contributed by atoms with Crippen LogP contribution < -0.4 is 4.74 Å². The van der Waals surface area contributed by atoms with Gasteiger partial charge in [0.05, 0.1) is 23.7 Å². The highest BCUT2D eigenvalue weighted by molar-refractivity contribution is 6.35. The molecule has 0 saturated carbocycles. The number of ether oxygens (including phenoxy) is 2. The summed E-state index contributed by atoms with van der Waals surface area (Å²) in [5.41, 5.74) is 4.07. The van der Waals surface area contributed by atoms with Gasteiger partial charge in [-0.2, -0.15) is 0 Å². The zero-order valence-corrected chi connectivity index (χ0v) is 23.1. The molecule has 0 bridgehead atoms. The van der Waals surface area contributed by atoms with Crippen molar-refractivity contribution in [3.05, 3.63) is 106 Å². The van der Waals surface area contributed by atoms with E-state index in [2.05, 4.69) is 52.3 Å². The number of para-hydroxylation sites is 2. The van der Waals surface area contributed by atoms with E-state index in [1.54, 1.807) is 13.2 Å². The fourth-order valence-electron chi connectivity index (χ4n) is 4.97. The van der Waals surface area contributed by atoms with Crippen molar-refractivity contribution in [2.75, 3.05) is 20.3 Å². The van der Waals surface area contributed by atoms with E-state index in [1.807, 2.05) is 37.3 Å². The average Bonchev–Trinajstić information content (AvgIpc) is 3.35. The topological polar surface area (TPSA) is 50.4 Å². The number of halogens is 2. The van der Waals surface area contributed by atoms with Crippen LogP contribution in [0, 0.1) is 0 Å². The maximum atomic E-state index is 6.69. The van der Waals surface area contributed by atoms with Gasteiger partial charge in [0.2, 0.25) is 0 Å². The molecular formula is C31H31Cl2N3O2. The SMILES string of the molecule is CCOc1ccc2ccccc2c1CN(Cc1ccc(Cl)cc1Cl)C(CCOC)c1nc2ccccc2[nH]1. The minimum absolute atomic E-state index is 0.0671. The number of aromatic amines is 1. The first-order valence-electron chi connectivity index (χ1n) is 12.8. The van der Waals surface area contributed by atoms with Crippen molar-refractivity contribution < 1.29 is 9.47 Å². The second-order valence-electron chi connectivity index (χ2n) is 9.27. The zero-order valence-electron chi connectivity index (χ0n) is 21.6. The van der Waals surface area contributed by atoms with Gasteiger partial charge in [0.15, 0.2) is 0 Å². The van der Waals surface area contributed by atoms with Crippen LogP contribution in [0.1, 0.15) is 36.3 Å². The van der Waals surface area contributed by atoms with Crippen LogP contribution in [0.15, 0.2) is 78.9 Å². The van der Waals surface area contributed by atoms with Crippen molar-refractivity contribution >= 4 is 45.0 Å². The number of nitrogens with zero attached hydrogens (tertiary/aromatic N) is 2. The third-order valence-electron chi connectivity index (χ3n) is 6.81. The second kappa shape index (κ2) is 12.2. The van der Waals surface area contributed by atoms with Crippen LogP contribution in [0.2, 0.25) is 10.0 Å². The number of methoxy groups -OCH3 is 1. The standard InChI is InChI=1S/C31H31Cl2N3O2/c1-3-38-30-15-13-21-8-4-5-9-24(21)25(30)20-36(19-22-12-14-23(32)18-26(22)33)29(16-17-37-2)31-34-27-10-6-7-11-28(27)35-31/h4-15,18,29H,3,16-17,19-20H2,1-2H3,(H,34,35). The molecule has 0 aliphatic heterocycles. The van der Waals surface area contributed by atoms with E-state index < -0.39 is 0 Å². The molecule has 1 heterocycles. The first kappa shape index (κ1) is 26.5. The molecule has 0 radical (unpaired) electrons. The number of H-pyrrole nitrogens is 1. The third-order valence-corrected chi connectivity index (χ3v) is 7.39. The Morgan fingerprint density at radius 2 is 1.76 bits per heavy atom. The molecule has 5 nitrogen and oxygen atoms in total. The molecule has 1 atom stereocenters. The van der Waals surface area contributed by atoms with Crippen LogP contribution in [0.4, 0.5) is 0 Å². The molecule has 0 fully saturated rings. The van der Waals surface area contributed by atoms with Crippen molar-refractivity contribution in [3.8, 4) is 5.75 Å². The van der Waals surface area contributed by atoms with Crippen molar-refractivity contribution in [3.63, 3.8) is 0 Å². The quantitative estimate of drug-likeness (QED) is 0.181. The number of hydrogen-bond donors (Lipinski definition) is 1. The number of hydrogen-bond acceptors (Lipinski definition) is 4. The van der Waals surface area contributed by atoms with Gasteiger partial charge >= 0.3 is 0 Å². The van der Waals surface area contributed by atoms with Gasteiger partial charge in [-0.3, -0.25) is 4.90 Å². The number of nitrogens with one attached hydrogen (secondary N) is 1. The molecule has 0 amide bonds. The Morgan fingerprint density at radius 1 is 0.947 bits per heavy atom. The van der Waals surface area contributed by atoms with E-state index in [-0.39, 0.29) is 6.04 Å². The summed E-state index contributed by atoms with van der Waals surface area (Å²) in [6.07, 6.45) is 0.746. The highest BCUT2D eigenvalue weighted by Crippen LogP contribution is 2.35. The molecule has 1 N–H and O–H groups in total. The van der Waals surface area contributed by atoms with Gasteiger partial charge in [-0.15, -0.1) is 0 Å². The van der Waals surface area contributed by atoms with Crippen LogP contribution in [-0.2, 0) is 17.8 Å². The van der Waals surface area contributed by atoms with E-state index in [0.29, 0.717) is 36.3 Å². The van der Waals surface area contributed by atoms with E-state index in [1.165, 1.54) is 10.8 Å². The van der Waals surface area contributed by atoms with Gasteiger partial charge in [0.1, 0.15) is 11.6 Å². The predicted octanol–water partition coefficient (Wildman–Crippen LogP) is 8.20. The normalized spacial score (nSPS) is 12.4. The lowest BCUT2D eigenvalue weighted by Crippen LogP contribution is -2.30. The lowest BCUT2D eigenvalue weighted by molar-refractivity contribution is 0.115. The smallest absolute Gasteiger partial charge is 0.124 e. The average molecular weight is 549 g/mol. The summed E-state index contributed by atoms with van der Waals surface area (Å²) >= 11 is 12.9. The molecule has 38 heavy (non-hydrogen) atoms. The Hall–Kier alpha value is -3.09. The van der Waals surface area contributed by atoms with Gasteiger partial charge in [-0.05, 0) is 60.0 Å². The minimum Gasteiger partial charge on any atom is -0.494 e. The lowest BCUT2D eigenvalue weighted by atomic mass is 10.0.